The number of anilines is 1. The highest BCUT2D eigenvalue weighted by atomic mass is 16.5. The van der Waals surface area contributed by atoms with Crippen molar-refractivity contribution >= 4 is 5.69 Å². The second-order valence-electron chi connectivity index (χ2n) is 9.19. The number of likely N-dealkylation sites (N-methyl/N-ethyl adjacent to an activating group) is 1. The summed E-state index contributed by atoms with van der Waals surface area (Å²) < 4.78 is 5.94. The molecule has 0 aromatic heterocycles. The molecule has 2 aromatic rings. The molecule has 168 valence electrons. The number of nitrogens with zero attached hydrogens (tertiary/aromatic N) is 4. The lowest BCUT2D eigenvalue weighted by Gasteiger charge is -2.44. The molecule has 5 nitrogen and oxygen atoms in total. The van der Waals surface area contributed by atoms with Gasteiger partial charge in [-0.15, -0.1) is 0 Å². The van der Waals surface area contributed by atoms with Crippen LogP contribution in [0.4, 0.5) is 5.69 Å². The summed E-state index contributed by atoms with van der Waals surface area (Å²) >= 11 is 0. The van der Waals surface area contributed by atoms with Crippen LogP contribution in [0.2, 0.25) is 0 Å². The number of benzene rings is 2. The Kier molecular flexibility index (Phi) is 7.84. The molecule has 31 heavy (non-hydrogen) atoms. The molecule has 0 bridgehead atoms. The van der Waals surface area contributed by atoms with Crippen molar-refractivity contribution in [1.82, 2.24) is 14.7 Å². The number of piperazine rings is 1. The minimum absolute atomic E-state index is 0.686. The summed E-state index contributed by atoms with van der Waals surface area (Å²) in [6.45, 7) is 9.67. The molecule has 2 saturated heterocycles. The first-order valence-electron chi connectivity index (χ1n) is 11.8. The highest BCUT2D eigenvalue weighted by molar-refractivity contribution is 5.46. The molecule has 0 N–H and O–H groups in total. The van der Waals surface area contributed by atoms with Crippen molar-refractivity contribution in [2.24, 2.45) is 0 Å². The lowest BCUT2D eigenvalue weighted by atomic mass is 10.0. The molecular weight excluding hydrogens is 384 g/mol. The summed E-state index contributed by atoms with van der Waals surface area (Å²) in [5.41, 5.74) is 2.72. The first-order valence-corrected chi connectivity index (χ1v) is 11.8. The highest BCUT2D eigenvalue weighted by Crippen LogP contribution is 2.23. The third kappa shape index (κ3) is 6.45. The van der Waals surface area contributed by atoms with E-state index >= 15 is 0 Å². The van der Waals surface area contributed by atoms with Gasteiger partial charge in [0.2, 0.25) is 0 Å². The normalized spacial score (nSPS) is 20.9. The van der Waals surface area contributed by atoms with Gasteiger partial charge >= 0.3 is 0 Å². The maximum atomic E-state index is 5.94. The molecule has 1 atom stereocenters. The van der Waals surface area contributed by atoms with Crippen LogP contribution in [0.3, 0.4) is 0 Å². The van der Waals surface area contributed by atoms with Gasteiger partial charge in [0.15, 0.2) is 0 Å². The Hall–Kier alpha value is -2.08. The van der Waals surface area contributed by atoms with E-state index in [1.807, 2.05) is 0 Å². The topological polar surface area (TPSA) is 22.2 Å². The van der Waals surface area contributed by atoms with Gasteiger partial charge in [-0.1, -0.05) is 30.3 Å². The number of para-hydroxylation sites is 1. The number of likely N-dealkylation sites (tertiary alicyclic amines) is 1. The zero-order valence-electron chi connectivity index (χ0n) is 19.2. The van der Waals surface area contributed by atoms with Crippen LogP contribution in [0.25, 0.3) is 0 Å². The molecule has 2 heterocycles. The van der Waals surface area contributed by atoms with Crippen molar-refractivity contribution in [1.29, 1.82) is 0 Å². The monoisotopic (exact) mass is 422 g/mol. The maximum Gasteiger partial charge on any atom is 0.119 e. The summed E-state index contributed by atoms with van der Waals surface area (Å²) in [5, 5.41) is 0. The van der Waals surface area contributed by atoms with E-state index in [9.17, 15) is 0 Å². The van der Waals surface area contributed by atoms with Gasteiger partial charge in [0.1, 0.15) is 12.4 Å². The fraction of sp³-hybridized carbons (Fsp3) is 0.538. The molecule has 0 saturated carbocycles. The Morgan fingerprint density at radius 1 is 0.935 bits per heavy atom. The smallest absolute Gasteiger partial charge is 0.119 e. The van der Waals surface area contributed by atoms with Crippen LogP contribution in [-0.2, 0) is 6.54 Å². The third-order valence-electron chi connectivity index (χ3n) is 6.54. The average Bonchev–Trinajstić information content (AvgIpc) is 2.80. The molecule has 5 heteroatoms. The highest BCUT2D eigenvalue weighted by Gasteiger charge is 2.28. The molecule has 0 aliphatic carbocycles. The molecule has 2 aromatic carbocycles. The molecule has 0 unspecified atom stereocenters. The van der Waals surface area contributed by atoms with E-state index in [2.05, 4.69) is 88.3 Å². The van der Waals surface area contributed by atoms with Crippen LogP contribution in [0.15, 0.2) is 54.6 Å². The molecule has 2 aliphatic rings. The maximum absolute atomic E-state index is 5.94. The van der Waals surface area contributed by atoms with Crippen molar-refractivity contribution in [2.45, 2.75) is 25.4 Å². The fourth-order valence-electron chi connectivity index (χ4n) is 4.79. The predicted octanol–water partition coefficient (Wildman–Crippen LogP) is 3.41. The van der Waals surface area contributed by atoms with Gasteiger partial charge < -0.3 is 14.5 Å². The van der Waals surface area contributed by atoms with Crippen LogP contribution in [0, 0.1) is 0 Å². The van der Waals surface area contributed by atoms with E-state index < -0.39 is 0 Å². The minimum Gasteiger partial charge on any atom is -0.492 e. The molecule has 4 rings (SSSR count). The van der Waals surface area contributed by atoms with Crippen LogP contribution in [-0.4, -0.2) is 87.3 Å². The first-order chi connectivity index (χ1) is 15.2. The predicted molar refractivity (Wildman–Crippen MR) is 129 cm³/mol. The minimum atomic E-state index is 0.686. The zero-order chi connectivity index (χ0) is 21.5. The Bertz CT molecular complexity index is 789. The van der Waals surface area contributed by atoms with E-state index in [1.165, 1.54) is 50.3 Å². The van der Waals surface area contributed by atoms with Crippen LogP contribution in [0.5, 0.6) is 5.75 Å². The first kappa shape index (κ1) is 22.1. The van der Waals surface area contributed by atoms with Crippen molar-refractivity contribution in [3.63, 3.8) is 0 Å². The molecule has 0 spiro atoms. The Morgan fingerprint density at radius 2 is 1.74 bits per heavy atom. The lowest BCUT2D eigenvalue weighted by molar-refractivity contribution is 0.0887. The number of hydrogen-bond donors (Lipinski definition) is 0. The number of hydrogen-bond acceptors (Lipinski definition) is 5. The van der Waals surface area contributed by atoms with Crippen LogP contribution < -0.4 is 9.64 Å². The number of ether oxygens (including phenoxy) is 1. The average molecular weight is 423 g/mol. The van der Waals surface area contributed by atoms with Crippen molar-refractivity contribution in [2.75, 3.05) is 71.4 Å². The Morgan fingerprint density at radius 3 is 2.52 bits per heavy atom. The van der Waals surface area contributed by atoms with Gasteiger partial charge in [0, 0.05) is 57.5 Å². The van der Waals surface area contributed by atoms with Gasteiger partial charge in [-0.25, -0.2) is 0 Å². The number of piperidine rings is 1. The van der Waals surface area contributed by atoms with Crippen LogP contribution in [0.1, 0.15) is 18.4 Å². The zero-order valence-corrected chi connectivity index (χ0v) is 19.2. The van der Waals surface area contributed by atoms with Gasteiger partial charge in [-0.3, -0.25) is 9.80 Å². The second-order valence-corrected chi connectivity index (χ2v) is 9.19. The lowest BCUT2D eigenvalue weighted by Crippen LogP contribution is -2.55. The molecule has 0 radical (unpaired) electrons. The van der Waals surface area contributed by atoms with E-state index in [1.54, 1.807) is 0 Å². The fourth-order valence-corrected chi connectivity index (χ4v) is 4.79. The third-order valence-corrected chi connectivity index (χ3v) is 6.54. The van der Waals surface area contributed by atoms with Crippen molar-refractivity contribution in [3.8, 4) is 5.75 Å². The van der Waals surface area contributed by atoms with E-state index in [0.29, 0.717) is 6.04 Å². The standard InChI is InChI=1S/C26H38N4O/c1-27(2)18-19-31-26-12-6-8-23(20-26)21-28-13-7-11-25(22-28)30-16-14-29(15-17-30)24-9-4-3-5-10-24/h3-6,8-10,12,20,25H,7,11,13-19,21-22H2,1-2H3/t25-/m0/s1. The summed E-state index contributed by atoms with van der Waals surface area (Å²) in [7, 11) is 4.15. The molecular formula is C26H38N4O. The summed E-state index contributed by atoms with van der Waals surface area (Å²) in [6, 6.07) is 20.2. The molecule has 0 amide bonds. The summed E-state index contributed by atoms with van der Waals surface area (Å²) in [5.74, 6) is 0.991. The SMILES string of the molecule is CN(C)CCOc1cccc(CN2CCC[C@H](N3CCN(c4ccccc4)CC3)C2)c1. The Balaban J connectivity index is 1.26. The van der Waals surface area contributed by atoms with Gasteiger partial charge in [-0.2, -0.15) is 0 Å². The summed E-state index contributed by atoms with van der Waals surface area (Å²) in [6.07, 6.45) is 2.62. The van der Waals surface area contributed by atoms with E-state index in [-0.39, 0.29) is 0 Å². The van der Waals surface area contributed by atoms with Gasteiger partial charge in [0.05, 0.1) is 0 Å². The van der Waals surface area contributed by atoms with E-state index in [4.69, 9.17) is 4.74 Å². The summed E-state index contributed by atoms with van der Waals surface area (Å²) in [4.78, 5) is 10.0. The second kappa shape index (κ2) is 11.0. The Labute approximate surface area is 188 Å². The molecule has 2 aliphatic heterocycles. The number of rotatable bonds is 8. The van der Waals surface area contributed by atoms with Gasteiger partial charge in [-0.05, 0) is 63.3 Å². The quantitative estimate of drug-likeness (QED) is 0.648. The van der Waals surface area contributed by atoms with E-state index in [0.717, 1.165) is 38.5 Å². The van der Waals surface area contributed by atoms with Crippen LogP contribution >= 0.6 is 0 Å². The van der Waals surface area contributed by atoms with Gasteiger partial charge in [0.25, 0.3) is 0 Å². The van der Waals surface area contributed by atoms with Crippen molar-refractivity contribution in [3.05, 3.63) is 60.2 Å². The molecule has 2 fully saturated rings. The van der Waals surface area contributed by atoms with Crippen molar-refractivity contribution < 1.29 is 4.74 Å². The largest absolute Gasteiger partial charge is 0.492 e.